The van der Waals surface area contributed by atoms with E-state index in [0.717, 1.165) is 11.8 Å². The molecule has 0 amide bonds. The zero-order valence-corrected chi connectivity index (χ0v) is 8.00. The number of rotatable bonds is 1. The van der Waals surface area contributed by atoms with Crippen molar-refractivity contribution in [2.24, 2.45) is 17.3 Å². The summed E-state index contributed by atoms with van der Waals surface area (Å²) in [6.07, 6.45) is 7.75. The molecule has 0 N–H and O–H groups in total. The molecule has 0 unspecified atom stereocenters. The lowest BCUT2D eigenvalue weighted by atomic mass is 9.50. The first kappa shape index (κ1) is 7.90. The molecule has 1 heteroatoms. The fourth-order valence-corrected chi connectivity index (χ4v) is 2.45. The minimum Gasteiger partial charge on any atom is -0.504 e. The molecule has 1 fully saturated rings. The lowest BCUT2D eigenvalue weighted by Gasteiger charge is -2.54. The second kappa shape index (κ2) is 2.38. The molecule has 3 rings (SSSR count). The zero-order chi connectivity index (χ0) is 8.77. The molecule has 0 aromatic rings. The van der Waals surface area contributed by atoms with Crippen LogP contribution in [0.4, 0.5) is 0 Å². The predicted octanol–water partition coefficient (Wildman–Crippen LogP) is 2.75. The minimum atomic E-state index is 0.471. The molecule has 12 heavy (non-hydrogen) atoms. The van der Waals surface area contributed by atoms with E-state index >= 15 is 0 Å². The van der Waals surface area contributed by atoms with Gasteiger partial charge in [0.15, 0.2) is 0 Å². The molecule has 0 saturated heterocycles. The number of hydrogen-bond acceptors (Lipinski definition) is 1. The Morgan fingerprint density at radius 3 is 2.83 bits per heavy atom. The van der Waals surface area contributed by atoms with Crippen molar-refractivity contribution in [3.05, 3.63) is 24.0 Å². The summed E-state index contributed by atoms with van der Waals surface area (Å²) in [6, 6.07) is 0. The number of allylic oxidation sites excluding steroid dienone is 3. The normalized spacial score (nSPS) is 39.4. The lowest BCUT2D eigenvalue weighted by molar-refractivity contribution is 0.0308. The van der Waals surface area contributed by atoms with Gasteiger partial charge in [-0.1, -0.05) is 26.0 Å². The van der Waals surface area contributed by atoms with E-state index in [-0.39, 0.29) is 0 Å². The zero-order valence-electron chi connectivity index (χ0n) is 8.00. The van der Waals surface area contributed by atoms with Crippen LogP contribution in [-0.4, -0.2) is 7.11 Å². The standard InChI is InChI=1S/C11H16O/c1-11(2)9-5-4-8(7-12-3)10(11)6-9/h4-5,7,9-10H,6H2,1-3H3/b8-7+/t9-,10-/m0/s1. The van der Waals surface area contributed by atoms with Crippen LogP contribution in [0.25, 0.3) is 0 Å². The highest BCUT2D eigenvalue weighted by Gasteiger charge is 2.50. The maximum atomic E-state index is 5.06. The van der Waals surface area contributed by atoms with Crippen LogP contribution in [0.1, 0.15) is 20.3 Å². The monoisotopic (exact) mass is 164 g/mol. The van der Waals surface area contributed by atoms with Gasteiger partial charge in [0.25, 0.3) is 0 Å². The highest BCUT2D eigenvalue weighted by atomic mass is 16.5. The van der Waals surface area contributed by atoms with Gasteiger partial charge >= 0.3 is 0 Å². The van der Waals surface area contributed by atoms with Gasteiger partial charge in [0.2, 0.25) is 0 Å². The van der Waals surface area contributed by atoms with Crippen molar-refractivity contribution in [3.63, 3.8) is 0 Å². The van der Waals surface area contributed by atoms with Gasteiger partial charge in [-0.15, -0.1) is 0 Å². The van der Waals surface area contributed by atoms with Crippen LogP contribution in [0.2, 0.25) is 0 Å². The summed E-state index contributed by atoms with van der Waals surface area (Å²) in [7, 11) is 1.72. The Bertz CT molecular complexity index is 248. The van der Waals surface area contributed by atoms with Crippen LogP contribution in [0.3, 0.4) is 0 Å². The van der Waals surface area contributed by atoms with E-state index in [9.17, 15) is 0 Å². The Morgan fingerprint density at radius 2 is 2.33 bits per heavy atom. The number of hydrogen-bond donors (Lipinski definition) is 0. The molecular formula is C11H16O. The van der Waals surface area contributed by atoms with Gasteiger partial charge in [-0.25, -0.2) is 0 Å². The second-order valence-corrected chi connectivity index (χ2v) is 4.43. The van der Waals surface area contributed by atoms with E-state index in [2.05, 4.69) is 26.0 Å². The lowest BCUT2D eigenvalue weighted by Crippen LogP contribution is -2.46. The fraction of sp³-hybridized carbons (Fsp3) is 0.636. The summed E-state index contributed by atoms with van der Waals surface area (Å²) in [5, 5.41) is 0. The van der Waals surface area contributed by atoms with E-state index in [4.69, 9.17) is 4.74 Å². The van der Waals surface area contributed by atoms with E-state index in [1.54, 1.807) is 7.11 Å². The van der Waals surface area contributed by atoms with Crippen molar-refractivity contribution in [2.75, 3.05) is 7.11 Å². The maximum Gasteiger partial charge on any atom is 0.0859 e. The highest BCUT2D eigenvalue weighted by Crippen LogP contribution is 2.58. The molecule has 3 aliphatic rings. The van der Waals surface area contributed by atoms with Crippen LogP contribution in [-0.2, 0) is 4.74 Å². The molecule has 1 saturated carbocycles. The van der Waals surface area contributed by atoms with Gasteiger partial charge in [-0.2, -0.15) is 0 Å². The molecule has 0 aromatic heterocycles. The number of fused-ring (bicyclic) bond motifs is 1. The molecule has 0 aromatic carbocycles. The average molecular weight is 164 g/mol. The number of ether oxygens (including phenoxy) is 1. The van der Waals surface area contributed by atoms with Crippen LogP contribution in [0, 0.1) is 17.3 Å². The summed E-state index contributed by atoms with van der Waals surface area (Å²) < 4.78 is 5.06. The van der Waals surface area contributed by atoms with Crippen LogP contribution in [0.15, 0.2) is 24.0 Å². The molecule has 3 aliphatic carbocycles. The van der Waals surface area contributed by atoms with E-state index in [1.165, 1.54) is 12.0 Å². The summed E-state index contributed by atoms with van der Waals surface area (Å²) >= 11 is 0. The van der Waals surface area contributed by atoms with Gasteiger partial charge in [-0.3, -0.25) is 0 Å². The minimum absolute atomic E-state index is 0.471. The molecule has 1 nitrogen and oxygen atoms in total. The summed E-state index contributed by atoms with van der Waals surface area (Å²) in [5.41, 5.74) is 1.84. The molecule has 66 valence electrons. The third-order valence-corrected chi connectivity index (χ3v) is 3.52. The molecular weight excluding hydrogens is 148 g/mol. The first-order chi connectivity index (χ1) is 5.66. The first-order valence-electron chi connectivity index (χ1n) is 4.57. The SMILES string of the molecule is CO/C=C1\C=C[C@H]2C[C@@H]1C2(C)C. The highest BCUT2D eigenvalue weighted by molar-refractivity contribution is 5.33. The Kier molecular flexibility index (Phi) is 1.57. The predicted molar refractivity (Wildman–Crippen MR) is 49.6 cm³/mol. The van der Waals surface area contributed by atoms with Crippen LogP contribution in [0.5, 0.6) is 0 Å². The van der Waals surface area contributed by atoms with Crippen molar-refractivity contribution in [2.45, 2.75) is 20.3 Å². The molecule has 0 spiro atoms. The topological polar surface area (TPSA) is 9.23 Å². The Balaban J connectivity index is 2.27. The summed E-state index contributed by atoms with van der Waals surface area (Å²) in [4.78, 5) is 0. The van der Waals surface area contributed by atoms with E-state index in [1.807, 2.05) is 6.26 Å². The van der Waals surface area contributed by atoms with E-state index in [0.29, 0.717) is 5.41 Å². The van der Waals surface area contributed by atoms with Gasteiger partial charge in [-0.05, 0) is 29.2 Å². The van der Waals surface area contributed by atoms with Crippen molar-refractivity contribution in [1.82, 2.24) is 0 Å². The molecule has 0 aliphatic heterocycles. The molecule has 0 radical (unpaired) electrons. The summed E-state index contributed by atoms with van der Waals surface area (Å²) in [6.45, 7) is 4.69. The van der Waals surface area contributed by atoms with Crippen molar-refractivity contribution in [3.8, 4) is 0 Å². The van der Waals surface area contributed by atoms with Gasteiger partial charge < -0.3 is 4.74 Å². The van der Waals surface area contributed by atoms with Gasteiger partial charge in [0, 0.05) is 0 Å². The largest absolute Gasteiger partial charge is 0.504 e. The van der Waals surface area contributed by atoms with Gasteiger partial charge in [0.05, 0.1) is 13.4 Å². The molecule has 2 bridgehead atoms. The molecule has 0 heterocycles. The second-order valence-electron chi connectivity index (χ2n) is 4.43. The Hall–Kier alpha value is -0.720. The van der Waals surface area contributed by atoms with Crippen molar-refractivity contribution in [1.29, 1.82) is 0 Å². The number of methoxy groups -OCH3 is 1. The smallest absolute Gasteiger partial charge is 0.0859 e. The van der Waals surface area contributed by atoms with Crippen molar-refractivity contribution < 1.29 is 4.74 Å². The average Bonchev–Trinajstić information content (AvgIpc) is 2.05. The summed E-state index contributed by atoms with van der Waals surface area (Å²) in [5.74, 6) is 1.53. The van der Waals surface area contributed by atoms with E-state index < -0.39 is 0 Å². The maximum absolute atomic E-state index is 5.06. The van der Waals surface area contributed by atoms with Crippen LogP contribution < -0.4 is 0 Å². The van der Waals surface area contributed by atoms with Gasteiger partial charge in [0.1, 0.15) is 0 Å². The third-order valence-electron chi connectivity index (χ3n) is 3.52. The van der Waals surface area contributed by atoms with Crippen LogP contribution >= 0.6 is 0 Å². The Labute approximate surface area is 74.1 Å². The third kappa shape index (κ3) is 0.855. The van der Waals surface area contributed by atoms with Crippen molar-refractivity contribution >= 4 is 0 Å². The first-order valence-corrected chi connectivity index (χ1v) is 4.57. The fourth-order valence-electron chi connectivity index (χ4n) is 2.45. The quantitative estimate of drug-likeness (QED) is 0.541. The molecule has 2 atom stereocenters. The Morgan fingerprint density at radius 1 is 1.58 bits per heavy atom.